The van der Waals surface area contributed by atoms with E-state index >= 15 is 0 Å². The summed E-state index contributed by atoms with van der Waals surface area (Å²) in [6.07, 6.45) is 3.47. The molecular weight excluding hydrogens is 372 g/mol. The number of methoxy groups -OCH3 is 3. The molecule has 0 aliphatic carbocycles. The highest BCUT2D eigenvalue weighted by Gasteiger charge is 2.35. The van der Waals surface area contributed by atoms with Crippen molar-refractivity contribution in [2.75, 3.05) is 46.9 Å². The van der Waals surface area contributed by atoms with Gasteiger partial charge in [-0.25, -0.2) is 13.4 Å². The predicted octanol–water partition coefficient (Wildman–Crippen LogP) is 1.22. The molecule has 0 N–H and O–H groups in total. The molecule has 150 valence electrons. The first-order valence-electron chi connectivity index (χ1n) is 8.41. The van der Waals surface area contributed by atoms with Gasteiger partial charge < -0.3 is 14.2 Å². The molecule has 1 amide bonds. The molecule has 27 heavy (non-hydrogen) atoms. The van der Waals surface area contributed by atoms with Crippen molar-refractivity contribution < 1.29 is 27.4 Å². The standard InChI is InChI=1S/C18H26N2O6S/c1-19(2)20(14-8-9-27(22,23)12-14)17(21)7-6-13-10-15(24-3)18(26-5)16(11-13)25-4/h6-7,10-11,14H,8-9,12H2,1-5H3/b7-6+/t14-/m1/s1. The van der Waals surface area contributed by atoms with Crippen molar-refractivity contribution in [3.05, 3.63) is 23.8 Å². The maximum Gasteiger partial charge on any atom is 0.261 e. The first kappa shape index (κ1) is 21.0. The summed E-state index contributed by atoms with van der Waals surface area (Å²) in [5.74, 6) is 1.22. The second-order valence-electron chi connectivity index (χ2n) is 6.38. The normalized spacial score (nSPS) is 18.7. The predicted molar refractivity (Wildman–Crippen MR) is 103 cm³/mol. The molecule has 0 aromatic heterocycles. The maximum absolute atomic E-state index is 12.7. The number of ether oxygens (including phenoxy) is 3. The lowest BCUT2D eigenvalue weighted by Crippen LogP contribution is -2.48. The molecule has 8 nitrogen and oxygen atoms in total. The summed E-state index contributed by atoms with van der Waals surface area (Å²) in [4.78, 5) is 12.7. The highest BCUT2D eigenvalue weighted by atomic mass is 32.2. The molecule has 0 radical (unpaired) electrons. The monoisotopic (exact) mass is 398 g/mol. The van der Waals surface area contributed by atoms with Crippen molar-refractivity contribution in [3.8, 4) is 17.2 Å². The van der Waals surface area contributed by atoms with E-state index in [-0.39, 0.29) is 23.5 Å². The van der Waals surface area contributed by atoms with Crippen LogP contribution in [0.5, 0.6) is 17.2 Å². The number of hydrogen-bond acceptors (Lipinski definition) is 7. The molecule has 0 unspecified atom stereocenters. The Hall–Kier alpha value is -2.26. The third-order valence-corrected chi connectivity index (χ3v) is 6.07. The van der Waals surface area contributed by atoms with Crippen LogP contribution < -0.4 is 14.2 Å². The molecule has 1 aliphatic rings. The topological polar surface area (TPSA) is 85.4 Å². The highest BCUT2D eigenvalue weighted by molar-refractivity contribution is 7.91. The number of sulfone groups is 1. The Morgan fingerprint density at radius 2 is 1.70 bits per heavy atom. The van der Waals surface area contributed by atoms with Gasteiger partial charge in [-0.3, -0.25) is 9.80 Å². The van der Waals surface area contributed by atoms with E-state index < -0.39 is 9.84 Å². The Morgan fingerprint density at radius 1 is 1.11 bits per heavy atom. The summed E-state index contributed by atoms with van der Waals surface area (Å²) in [5.41, 5.74) is 0.690. The van der Waals surface area contributed by atoms with E-state index in [4.69, 9.17) is 14.2 Å². The zero-order valence-electron chi connectivity index (χ0n) is 16.3. The van der Waals surface area contributed by atoms with E-state index in [0.29, 0.717) is 29.2 Å². The van der Waals surface area contributed by atoms with Crippen LogP contribution in [0.25, 0.3) is 6.08 Å². The van der Waals surface area contributed by atoms with Crippen LogP contribution in [0.2, 0.25) is 0 Å². The Bertz CT molecular complexity index is 794. The maximum atomic E-state index is 12.7. The lowest BCUT2D eigenvalue weighted by Gasteiger charge is -2.32. The van der Waals surface area contributed by atoms with Gasteiger partial charge >= 0.3 is 0 Å². The number of rotatable bonds is 7. The van der Waals surface area contributed by atoms with Gasteiger partial charge in [0.05, 0.1) is 38.9 Å². The van der Waals surface area contributed by atoms with Gasteiger partial charge in [0.1, 0.15) is 0 Å². The number of hydrogen-bond donors (Lipinski definition) is 0. The summed E-state index contributed by atoms with van der Waals surface area (Å²) in [6.45, 7) is 0. The molecule has 0 bridgehead atoms. The molecule has 0 spiro atoms. The van der Waals surface area contributed by atoms with Gasteiger partial charge in [-0.2, -0.15) is 0 Å². The number of carbonyl (C=O) groups is 1. The van der Waals surface area contributed by atoms with Crippen molar-refractivity contribution in [2.24, 2.45) is 0 Å². The number of hydrazine groups is 1. The van der Waals surface area contributed by atoms with E-state index in [1.807, 2.05) is 0 Å². The van der Waals surface area contributed by atoms with Crippen LogP contribution in [0.4, 0.5) is 0 Å². The molecule has 2 rings (SSSR count). The fourth-order valence-corrected chi connectivity index (χ4v) is 4.81. The Labute approximate surface area is 160 Å². The van der Waals surface area contributed by atoms with Gasteiger partial charge in [0, 0.05) is 20.2 Å². The first-order valence-corrected chi connectivity index (χ1v) is 10.2. The van der Waals surface area contributed by atoms with Crippen LogP contribution in [-0.2, 0) is 14.6 Å². The third kappa shape index (κ3) is 4.92. The molecule has 1 aromatic rings. The lowest BCUT2D eigenvalue weighted by molar-refractivity contribution is -0.143. The minimum Gasteiger partial charge on any atom is -0.493 e. The highest BCUT2D eigenvalue weighted by Crippen LogP contribution is 2.38. The molecule has 1 heterocycles. The Balaban J connectivity index is 2.26. The van der Waals surface area contributed by atoms with Crippen molar-refractivity contribution in [3.63, 3.8) is 0 Å². The average Bonchev–Trinajstić information content (AvgIpc) is 2.97. The van der Waals surface area contributed by atoms with Crippen LogP contribution in [0, 0.1) is 0 Å². The molecule has 1 aromatic carbocycles. The second-order valence-corrected chi connectivity index (χ2v) is 8.61. The summed E-state index contributed by atoms with van der Waals surface area (Å²) < 4.78 is 39.4. The molecule has 1 fully saturated rings. The molecule has 0 saturated carbocycles. The minimum atomic E-state index is -3.09. The molecule has 9 heteroatoms. The molecule has 1 atom stereocenters. The zero-order chi connectivity index (χ0) is 20.2. The van der Waals surface area contributed by atoms with Gasteiger partial charge in [-0.05, 0) is 30.2 Å². The molecule has 1 saturated heterocycles. The van der Waals surface area contributed by atoms with Crippen molar-refractivity contribution >= 4 is 21.8 Å². The van der Waals surface area contributed by atoms with Crippen molar-refractivity contribution in [1.82, 2.24) is 10.0 Å². The van der Waals surface area contributed by atoms with Gasteiger partial charge in [-0.15, -0.1) is 0 Å². The zero-order valence-corrected chi connectivity index (χ0v) is 17.1. The van der Waals surface area contributed by atoms with Gasteiger partial charge in [0.25, 0.3) is 5.91 Å². The van der Waals surface area contributed by atoms with Gasteiger partial charge in [0.15, 0.2) is 21.3 Å². The number of amides is 1. The third-order valence-electron chi connectivity index (χ3n) is 4.32. The fraction of sp³-hybridized carbons (Fsp3) is 0.500. The minimum absolute atomic E-state index is 0.0189. The largest absolute Gasteiger partial charge is 0.493 e. The van der Waals surface area contributed by atoms with Crippen LogP contribution in [0.15, 0.2) is 18.2 Å². The first-order chi connectivity index (χ1) is 12.7. The van der Waals surface area contributed by atoms with E-state index in [1.165, 1.54) is 32.4 Å². The fourth-order valence-electron chi connectivity index (χ4n) is 3.11. The van der Waals surface area contributed by atoms with Crippen LogP contribution in [0.3, 0.4) is 0 Å². The lowest BCUT2D eigenvalue weighted by atomic mass is 10.1. The molecular formula is C18H26N2O6S. The van der Waals surface area contributed by atoms with Crippen molar-refractivity contribution in [1.29, 1.82) is 0 Å². The van der Waals surface area contributed by atoms with Crippen molar-refractivity contribution in [2.45, 2.75) is 12.5 Å². The quantitative estimate of drug-likeness (QED) is 0.504. The van der Waals surface area contributed by atoms with Crippen LogP contribution in [-0.4, -0.2) is 77.3 Å². The van der Waals surface area contributed by atoms with E-state index in [0.717, 1.165) is 0 Å². The SMILES string of the molecule is COc1cc(/C=C/C(=O)N([C@@H]2CCS(=O)(=O)C2)N(C)C)cc(OC)c1OC. The summed E-state index contributed by atoms with van der Waals surface area (Å²) >= 11 is 0. The molecule has 1 aliphatic heterocycles. The summed E-state index contributed by atoms with van der Waals surface area (Å²) in [5, 5.41) is 3.09. The number of benzene rings is 1. The van der Waals surface area contributed by atoms with Gasteiger partial charge in [0.2, 0.25) is 5.75 Å². The van der Waals surface area contributed by atoms with E-state index in [2.05, 4.69) is 0 Å². The van der Waals surface area contributed by atoms with Crippen LogP contribution in [0.1, 0.15) is 12.0 Å². The summed E-state index contributed by atoms with van der Waals surface area (Å²) in [7, 11) is 4.90. The summed E-state index contributed by atoms with van der Waals surface area (Å²) in [6, 6.07) is 3.10. The second kappa shape index (κ2) is 8.62. The number of carbonyl (C=O) groups excluding carboxylic acids is 1. The Morgan fingerprint density at radius 3 is 2.11 bits per heavy atom. The van der Waals surface area contributed by atoms with E-state index in [9.17, 15) is 13.2 Å². The van der Waals surface area contributed by atoms with Crippen LogP contribution >= 0.6 is 0 Å². The smallest absolute Gasteiger partial charge is 0.261 e. The number of nitrogens with zero attached hydrogens (tertiary/aromatic N) is 2. The average molecular weight is 398 g/mol. The van der Waals surface area contributed by atoms with E-state index in [1.54, 1.807) is 37.3 Å². The Kier molecular flexibility index (Phi) is 6.72. The van der Waals surface area contributed by atoms with Gasteiger partial charge in [-0.1, -0.05) is 0 Å².